The summed E-state index contributed by atoms with van der Waals surface area (Å²) in [5, 5.41) is 3.13. The average molecular weight is 250 g/mol. The van der Waals surface area contributed by atoms with Crippen molar-refractivity contribution in [2.45, 2.75) is 40.7 Å². The second-order valence-electron chi connectivity index (χ2n) is 4.32. The first-order valence-corrected chi connectivity index (χ1v) is 6.35. The minimum atomic E-state index is -0.279. The Morgan fingerprint density at radius 2 is 1.94 bits per heavy atom. The third kappa shape index (κ3) is 3.68. The fourth-order valence-corrected chi connectivity index (χ4v) is 1.88. The molecule has 1 aromatic heterocycles. The van der Waals surface area contributed by atoms with Gasteiger partial charge in [-0.1, -0.05) is 0 Å². The van der Waals surface area contributed by atoms with Gasteiger partial charge in [0.15, 0.2) is 0 Å². The molecule has 0 saturated heterocycles. The Bertz CT molecular complexity index is 395. The van der Waals surface area contributed by atoms with Gasteiger partial charge in [0.1, 0.15) is 17.7 Å². The molecule has 0 fully saturated rings. The summed E-state index contributed by atoms with van der Waals surface area (Å²) in [7, 11) is 0. The van der Waals surface area contributed by atoms with Gasteiger partial charge in [-0.15, -0.1) is 0 Å². The fourth-order valence-electron chi connectivity index (χ4n) is 1.88. The van der Waals surface area contributed by atoms with Crippen molar-refractivity contribution in [2.24, 2.45) is 0 Å². The van der Waals surface area contributed by atoms with Crippen molar-refractivity contribution in [3.05, 3.63) is 17.6 Å². The number of hydrogen-bond donors (Lipinski definition) is 1. The van der Waals surface area contributed by atoms with Gasteiger partial charge in [-0.3, -0.25) is 4.79 Å². The van der Waals surface area contributed by atoms with Gasteiger partial charge in [-0.25, -0.2) is 9.97 Å². The van der Waals surface area contributed by atoms with Crippen LogP contribution in [0.5, 0.6) is 0 Å². The highest BCUT2D eigenvalue weighted by atomic mass is 16.2. The van der Waals surface area contributed by atoms with Crippen LogP contribution in [-0.2, 0) is 4.79 Å². The molecular weight excluding hydrogens is 228 g/mol. The van der Waals surface area contributed by atoms with E-state index in [0.29, 0.717) is 11.6 Å². The average Bonchev–Trinajstić information content (AvgIpc) is 2.28. The van der Waals surface area contributed by atoms with Crippen LogP contribution in [0.1, 0.15) is 32.3 Å². The van der Waals surface area contributed by atoms with E-state index in [4.69, 9.17) is 0 Å². The molecule has 0 bridgehead atoms. The summed E-state index contributed by atoms with van der Waals surface area (Å²) in [5.41, 5.74) is 0.896. The number of aromatic nitrogens is 2. The van der Waals surface area contributed by atoms with Crippen LogP contribution in [0.15, 0.2) is 6.07 Å². The standard InChI is InChI=1S/C13H22N4O/c1-6-17(7-2)13(18)10(4)15-12-8-9(3)14-11(5)16-12/h8,10H,6-7H2,1-5H3,(H,14,15,16). The number of carbonyl (C=O) groups is 1. The lowest BCUT2D eigenvalue weighted by Crippen LogP contribution is -2.41. The molecule has 0 aliphatic rings. The Morgan fingerprint density at radius 1 is 1.33 bits per heavy atom. The maximum absolute atomic E-state index is 12.1. The lowest BCUT2D eigenvalue weighted by Gasteiger charge is -2.23. The highest BCUT2D eigenvalue weighted by Crippen LogP contribution is 2.08. The molecule has 1 heterocycles. The van der Waals surface area contributed by atoms with Gasteiger partial charge in [0.2, 0.25) is 5.91 Å². The first-order valence-electron chi connectivity index (χ1n) is 6.35. The summed E-state index contributed by atoms with van der Waals surface area (Å²) in [6.07, 6.45) is 0. The molecule has 1 amide bonds. The Morgan fingerprint density at radius 3 is 2.44 bits per heavy atom. The molecule has 1 rings (SSSR count). The molecule has 1 atom stereocenters. The highest BCUT2D eigenvalue weighted by Gasteiger charge is 2.18. The second-order valence-corrected chi connectivity index (χ2v) is 4.32. The van der Waals surface area contributed by atoms with Gasteiger partial charge >= 0.3 is 0 Å². The normalized spacial score (nSPS) is 12.1. The van der Waals surface area contributed by atoms with Crippen LogP contribution in [0.2, 0.25) is 0 Å². The smallest absolute Gasteiger partial charge is 0.244 e. The van der Waals surface area contributed by atoms with E-state index in [-0.39, 0.29) is 11.9 Å². The van der Waals surface area contributed by atoms with Gasteiger partial charge in [0.25, 0.3) is 0 Å². The van der Waals surface area contributed by atoms with E-state index < -0.39 is 0 Å². The maximum atomic E-state index is 12.1. The molecule has 0 aromatic carbocycles. The quantitative estimate of drug-likeness (QED) is 0.865. The fraction of sp³-hybridized carbons (Fsp3) is 0.615. The zero-order valence-corrected chi connectivity index (χ0v) is 11.8. The van der Waals surface area contributed by atoms with Gasteiger partial charge < -0.3 is 10.2 Å². The Labute approximate surface area is 109 Å². The summed E-state index contributed by atoms with van der Waals surface area (Å²) >= 11 is 0. The Balaban J connectivity index is 2.74. The predicted octanol–water partition coefficient (Wildman–Crippen LogP) is 1.76. The number of amides is 1. The molecule has 1 unspecified atom stereocenters. The first-order chi connectivity index (χ1) is 8.47. The van der Waals surface area contributed by atoms with Crippen molar-refractivity contribution in [1.82, 2.24) is 14.9 Å². The summed E-state index contributed by atoms with van der Waals surface area (Å²) in [4.78, 5) is 22.4. The number of nitrogens with zero attached hydrogens (tertiary/aromatic N) is 3. The molecule has 0 saturated carbocycles. The molecule has 0 radical (unpaired) electrons. The van der Waals surface area contributed by atoms with Crippen molar-refractivity contribution in [3.63, 3.8) is 0 Å². The third-order valence-corrected chi connectivity index (χ3v) is 2.78. The lowest BCUT2D eigenvalue weighted by molar-refractivity contribution is -0.131. The van der Waals surface area contributed by atoms with Crippen LogP contribution in [0, 0.1) is 13.8 Å². The van der Waals surface area contributed by atoms with E-state index in [1.807, 2.05) is 40.7 Å². The molecule has 1 aromatic rings. The number of nitrogens with one attached hydrogen (secondary N) is 1. The highest BCUT2D eigenvalue weighted by molar-refractivity contribution is 5.84. The minimum absolute atomic E-state index is 0.0916. The number of carbonyl (C=O) groups excluding carboxylic acids is 1. The number of rotatable bonds is 5. The zero-order chi connectivity index (χ0) is 13.7. The number of aryl methyl sites for hydroxylation is 2. The van der Waals surface area contributed by atoms with Gasteiger partial charge in [0, 0.05) is 24.8 Å². The molecule has 100 valence electrons. The number of anilines is 1. The van der Waals surface area contributed by atoms with E-state index >= 15 is 0 Å². The molecule has 18 heavy (non-hydrogen) atoms. The monoisotopic (exact) mass is 250 g/mol. The zero-order valence-electron chi connectivity index (χ0n) is 11.8. The molecule has 0 spiro atoms. The molecule has 0 aliphatic carbocycles. The molecule has 1 N–H and O–H groups in total. The van der Waals surface area contributed by atoms with Crippen molar-refractivity contribution in [3.8, 4) is 0 Å². The van der Waals surface area contributed by atoms with Gasteiger partial charge in [-0.2, -0.15) is 0 Å². The summed E-state index contributed by atoms with van der Waals surface area (Å²) in [5.74, 6) is 1.50. The first kappa shape index (κ1) is 14.4. The number of likely N-dealkylation sites (N-methyl/N-ethyl adjacent to an activating group) is 1. The van der Waals surface area contributed by atoms with E-state index in [1.165, 1.54) is 0 Å². The van der Waals surface area contributed by atoms with Crippen LogP contribution in [-0.4, -0.2) is 39.9 Å². The van der Waals surface area contributed by atoms with Crippen molar-refractivity contribution < 1.29 is 4.79 Å². The van der Waals surface area contributed by atoms with Gasteiger partial charge in [-0.05, 0) is 34.6 Å². The largest absolute Gasteiger partial charge is 0.359 e. The minimum Gasteiger partial charge on any atom is -0.359 e. The van der Waals surface area contributed by atoms with Crippen molar-refractivity contribution in [1.29, 1.82) is 0 Å². The van der Waals surface area contributed by atoms with Crippen LogP contribution < -0.4 is 5.32 Å². The van der Waals surface area contributed by atoms with E-state index in [2.05, 4.69) is 15.3 Å². The molecule has 5 heteroatoms. The number of hydrogen-bond acceptors (Lipinski definition) is 4. The van der Waals surface area contributed by atoms with E-state index in [1.54, 1.807) is 4.90 Å². The molecule has 0 aliphatic heterocycles. The van der Waals surface area contributed by atoms with Crippen molar-refractivity contribution in [2.75, 3.05) is 18.4 Å². The molecule has 5 nitrogen and oxygen atoms in total. The summed E-state index contributed by atoms with van der Waals surface area (Å²) in [6.45, 7) is 11.0. The summed E-state index contributed by atoms with van der Waals surface area (Å²) in [6, 6.07) is 1.57. The Hall–Kier alpha value is -1.65. The second kappa shape index (κ2) is 6.33. The van der Waals surface area contributed by atoms with Gasteiger partial charge in [0.05, 0.1) is 0 Å². The van der Waals surface area contributed by atoms with Crippen LogP contribution in [0.4, 0.5) is 5.82 Å². The topological polar surface area (TPSA) is 58.1 Å². The van der Waals surface area contributed by atoms with Crippen LogP contribution in [0.3, 0.4) is 0 Å². The van der Waals surface area contributed by atoms with E-state index in [0.717, 1.165) is 18.8 Å². The summed E-state index contributed by atoms with van der Waals surface area (Å²) < 4.78 is 0. The molecular formula is C13H22N4O. The third-order valence-electron chi connectivity index (χ3n) is 2.78. The Kier molecular flexibility index (Phi) is 5.07. The lowest BCUT2D eigenvalue weighted by atomic mass is 10.2. The maximum Gasteiger partial charge on any atom is 0.244 e. The SMILES string of the molecule is CCN(CC)C(=O)C(C)Nc1cc(C)nc(C)n1. The predicted molar refractivity (Wildman–Crippen MR) is 72.5 cm³/mol. The van der Waals surface area contributed by atoms with E-state index in [9.17, 15) is 4.79 Å². The van der Waals surface area contributed by atoms with Crippen LogP contribution in [0.25, 0.3) is 0 Å². The van der Waals surface area contributed by atoms with Crippen molar-refractivity contribution >= 4 is 11.7 Å². The van der Waals surface area contributed by atoms with Crippen LogP contribution >= 0.6 is 0 Å².